The van der Waals surface area contributed by atoms with E-state index in [0.29, 0.717) is 28.5 Å². The zero-order valence-corrected chi connectivity index (χ0v) is 15.4. The highest BCUT2D eigenvalue weighted by molar-refractivity contribution is 6.09. The maximum absolute atomic E-state index is 11.6. The summed E-state index contributed by atoms with van der Waals surface area (Å²) in [7, 11) is 1.64. The Morgan fingerprint density at radius 1 is 1.19 bits per heavy atom. The Kier molecular flexibility index (Phi) is 4.11. The molecule has 0 fully saturated rings. The quantitative estimate of drug-likeness (QED) is 0.694. The van der Waals surface area contributed by atoms with Gasteiger partial charge in [-0.15, -0.1) is 0 Å². The highest BCUT2D eigenvalue weighted by Crippen LogP contribution is 2.36. The minimum Gasteiger partial charge on any atom is -0.506 e. The molecule has 0 saturated carbocycles. The van der Waals surface area contributed by atoms with Crippen molar-refractivity contribution >= 4 is 16.7 Å². The summed E-state index contributed by atoms with van der Waals surface area (Å²) in [5.74, 6) is 0.903. The molecular weight excluding hydrogens is 344 g/mol. The second-order valence-electron chi connectivity index (χ2n) is 6.76. The number of nitrogens with zero attached hydrogens (tertiary/aromatic N) is 1. The molecule has 4 rings (SSSR count). The van der Waals surface area contributed by atoms with Gasteiger partial charge in [-0.3, -0.25) is 0 Å². The van der Waals surface area contributed by atoms with Gasteiger partial charge in [0.15, 0.2) is 0 Å². The Bertz CT molecular complexity index is 1110. The molecule has 1 atom stereocenters. The van der Waals surface area contributed by atoms with Crippen molar-refractivity contribution in [1.82, 2.24) is 5.43 Å². The number of phenols is 1. The number of hydrogen-bond donors (Lipinski definition) is 2. The van der Waals surface area contributed by atoms with E-state index in [1.165, 1.54) is 6.07 Å². The van der Waals surface area contributed by atoms with E-state index in [0.717, 1.165) is 22.6 Å². The first-order chi connectivity index (χ1) is 13.0. The Morgan fingerprint density at radius 2 is 1.93 bits per heavy atom. The number of nitrogens with one attached hydrogen (secondary N) is 1. The second-order valence-corrected chi connectivity index (χ2v) is 6.76. The number of methoxy groups -OCH3 is 1. The Balaban J connectivity index is 1.71. The Hall–Kier alpha value is -3.28. The lowest BCUT2D eigenvalue weighted by molar-refractivity contribution is 0.414. The van der Waals surface area contributed by atoms with Gasteiger partial charge in [-0.05, 0) is 48.7 Å². The third-order valence-corrected chi connectivity index (χ3v) is 4.96. The standard InChI is InChI=1S/C21H20N2O4/c1-11-8-17-20(12(2)9-18(24)27-17)21(25)19(11)16-10-15(22-23-16)13-4-6-14(26-3)7-5-13/h4-9,15,22,25H,10H2,1-3H3/t15-/m0/s1. The topological polar surface area (TPSA) is 84.1 Å². The molecule has 2 N–H and O–H groups in total. The zero-order chi connectivity index (χ0) is 19.1. The normalized spacial score (nSPS) is 16.3. The van der Waals surface area contributed by atoms with Crippen molar-refractivity contribution in [3.63, 3.8) is 0 Å². The predicted molar refractivity (Wildman–Crippen MR) is 104 cm³/mol. The highest BCUT2D eigenvalue weighted by Gasteiger charge is 2.26. The van der Waals surface area contributed by atoms with E-state index < -0.39 is 5.63 Å². The van der Waals surface area contributed by atoms with Crippen LogP contribution in [0.4, 0.5) is 0 Å². The molecule has 0 saturated heterocycles. The van der Waals surface area contributed by atoms with Crippen molar-refractivity contribution in [3.05, 3.63) is 69.1 Å². The molecule has 0 spiro atoms. The fraction of sp³-hybridized carbons (Fsp3) is 0.238. The molecule has 0 bridgehead atoms. The summed E-state index contributed by atoms with van der Waals surface area (Å²) in [5, 5.41) is 15.9. The first-order valence-corrected chi connectivity index (χ1v) is 8.71. The van der Waals surface area contributed by atoms with E-state index in [1.54, 1.807) is 20.1 Å². The summed E-state index contributed by atoms with van der Waals surface area (Å²) in [5.41, 5.74) is 7.15. The average Bonchev–Trinajstić information content (AvgIpc) is 3.10. The van der Waals surface area contributed by atoms with Crippen LogP contribution in [0.5, 0.6) is 11.5 Å². The fourth-order valence-corrected chi connectivity index (χ4v) is 3.61. The van der Waals surface area contributed by atoms with Crippen molar-refractivity contribution < 1.29 is 14.3 Å². The van der Waals surface area contributed by atoms with Gasteiger partial charge in [-0.2, -0.15) is 5.10 Å². The molecule has 27 heavy (non-hydrogen) atoms. The van der Waals surface area contributed by atoms with Gasteiger partial charge in [0.2, 0.25) is 0 Å². The van der Waals surface area contributed by atoms with E-state index in [-0.39, 0.29) is 11.8 Å². The lowest BCUT2D eigenvalue weighted by Gasteiger charge is -2.13. The van der Waals surface area contributed by atoms with Crippen LogP contribution in [0.3, 0.4) is 0 Å². The molecule has 1 aromatic heterocycles. The van der Waals surface area contributed by atoms with E-state index in [9.17, 15) is 9.90 Å². The molecular formula is C21H20N2O4. The van der Waals surface area contributed by atoms with E-state index in [4.69, 9.17) is 9.15 Å². The number of phenolic OH excluding ortho intramolecular Hbond substituents is 1. The first-order valence-electron chi connectivity index (χ1n) is 8.71. The van der Waals surface area contributed by atoms with Crippen LogP contribution in [0.1, 0.15) is 34.7 Å². The van der Waals surface area contributed by atoms with Crippen LogP contribution in [0.15, 0.2) is 50.7 Å². The predicted octanol–water partition coefficient (Wildman–Crippen LogP) is 3.56. The zero-order valence-electron chi connectivity index (χ0n) is 15.4. The number of aryl methyl sites for hydroxylation is 2. The highest BCUT2D eigenvalue weighted by atomic mass is 16.5. The van der Waals surface area contributed by atoms with Crippen LogP contribution in [0.25, 0.3) is 11.0 Å². The smallest absolute Gasteiger partial charge is 0.336 e. The lowest BCUT2D eigenvalue weighted by Crippen LogP contribution is -2.10. The van der Waals surface area contributed by atoms with E-state index in [2.05, 4.69) is 10.5 Å². The molecule has 1 aliphatic heterocycles. The summed E-state index contributed by atoms with van der Waals surface area (Å²) in [6.07, 6.45) is 0.641. The third kappa shape index (κ3) is 2.93. The number of hydrogen-bond acceptors (Lipinski definition) is 6. The van der Waals surface area contributed by atoms with Crippen molar-refractivity contribution in [2.24, 2.45) is 5.10 Å². The molecule has 0 aliphatic carbocycles. The lowest BCUT2D eigenvalue weighted by atomic mass is 9.93. The summed E-state index contributed by atoms with van der Waals surface area (Å²) in [4.78, 5) is 11.6. The third-order valence-electron chi connectivity index (χ3n) is 4.96. The van der Waals surface area contributed by atoms with Gasteiger partial charge in [0.05, 0.1) is 24.2 Å². The van der Waals surface area contributed by atoms with Gasteiger partial charge < -0.3 is 19.7 Å². The summed E-state index contributed by atoms with van der Waals surface area (Å²) >= 11 is 0. The molecule has 138 valence electrons. The number of rotatable bonds is 3. The minimum atomic E-state index is -0.425. The second kappa shape index (κ2) is 6.46. The number of aromatic hydroxyl groups is 1. The molecule has 1 aliphatic rings. The van der Waals surface area contributed by atoms with Gasteiger partial charge in [0.25, 0.3) is 0 Å². The molecule has 0 radical (unpaired) electrons. The first kappa shape index (κ1) is 17.1. The number of ether oxygens (including phenoxy) is 1. The molecule has 6 nitrogen and oxygen atoms in total. The van der Waals surface area contributed by atoms with Gasteiger partial charge in [0, 0.05) is 18.1 Å². The average molecular weight is 364 g/mol. The van der Waals surface area contributed by atoms with Gasteiger partial charge in [-0.25, -0.2) is 4.79 Å². The SMILES string of the molecule is COc1ccc([C@@H]2CC(c3c(C)cc4oc(=O)cc(C)c4c3O)=NN2)cc1. The van der Waals surface area contributed by atoms with Crippen LogP contribution < -0.4 is 15.8 Å². The van der Waals surface area contributed by atoms with Crippen LogP contribution >= 0.6 is 0 Å². The summed E-state index contributed by atoms with van der Waals surface area (Å²) < 4.78 is 10.5. The van der Waals surface area contributed by atoms with Crippen molar-refractivity contribution in [1.29, 1.82) is 0 Å². The van der Waals surface area contributed by atoms with Gasteiger partial charge in [-0.1, -0.05) is 12.1 Å². The minimum absolute atomic E-state index is 0.0233. The summed E-state index contributed by atoms with van der Waals surface area (Å²) in [6, 6.07) is 11.0. The molecule has 0 unspecified atom stereocenters. The summed E-state index contributed by atoms with van der Waals surface area (Å²) in [6.45, 7) is 3.66. The Labute approximate surface area is 156 Å². The molecule has 6 heteroatoms. The van der Waals surface area contributed by atoms with Crippen LogP contribution in [0.2, 0.25) is 0 Å². The van der Waals surface area contributed by atoms with Crippen LogP contribution in [-0.2, 0) is 0 Å². The Morgan fingerprint density at radius 3 is 2.63 bits per heavy atom. The molecule has 3 aromatic rings. The molecule has 0 amide bonds. The van der Waals surface area contributed by atoms with Gasteiger partial charge in [0.1, 0.15) is 17.1 Å². The van der Waals surface area contributed by atoms with Crippen LogP contribution in [-0.4, -0.2) is 17.9 Å². The maximum atomic E-state index is 11.6. The van der Waals surface area contributed by atoms with Crippen molar-refractivity contribution in [2.75, 3.05) is 7.11 Å². The van der Waals surface area contributed by atoms with Gasteiger partial charge >= 0.3 is 5.63 Å². The molecule has 2 aromatic carbocycles. The largest absolute Gasteiger partial charge is 0.506 e. The number of benzene rings is 2. The number of hydrazone groups is 1. The van der Waals surface area contributed by atoms with E-state index in [1.807, 2.05) is 31.2 Å². The molecule has 2 heterocycles. The van der Waals surface area contributed by atoms with Crippen LogP contribution in [0, 0.1) is 13.8 Å². The van der Waals surface area contributed by atoms with Crippen molar-refractivity contribution in [2.45, 2.75) is 26.3 Å². The maximum Gasteiger partial charge on any atom is 0.336 e. The van der Waals surface area contributed by atoms with Crippen molar-refractivity contribution in [3.8, 4) is 11.5 Å². The monoisotopic (exact) mass is 364 g/mol. The van der Waals surface area contributed by atoms with E-state index >= 15 is 0 Å². The number of fused-ring (bicyclic) bond motifs is 1. The fourth-order valence-electron chi connectivity index (χ4n) is 3.61.